The van der Waals surface area contributed by atoms with Crippen molar-refractivity contribution in [3.05, 3.63) is 18.3 Å². The number of aromatic nitrogens is 1. The second-order valence-corrected chi connectivity index (χ2v) is 5.25. The number of primary amides is 1. The maximum Gasteiger partial charge on any atom is 0.245 e. The molecule has 0 bridgehead atoms. The molecule has 1 heterocycles. The van der Waals surface area contributed by atoms with Crippen LogP contribution in [-0.4, -0.2) is 36.7 Å². The Morgan fingerprint density at radius 2 is 2.12 bits per heavy atom. The van der Waals surface area contributed by atoms with Crippen molar-refractivity contribution in [1.82, 2.24) is 9.29 Å². The van der Waals surface area contributed by atoms with E-state index in [-0.39, 0.29) is 23.8 Å². The highest BCUT2D eigenvalue weighted by atomic mass is 32.2. The first-order valence-corrected chi connectivity index (χ1v) is 6.32. The van der Waals surface area contributed by atoms with Crippen LogP contribution in [0.25, 0.3) is 0 Å². The number of pyridine rings is 1. The first kappa shape index (κ1) is 13.4. The molecule has 1 rings (SSSR count). The third-order valence-electron chi connectivity index (χ3n) is 2.08. The van der Waals surface area contributed by atoms with E-state index in [1.165, 1.54) is 12.1 Å². The van der Waals surface area contributed by atoms with Crippen LogP contribution in [0, 0.1) is 0 Å². The van der Waals surface area contributed by atoms with Crippen LogP contribution in [0.3, 0.4) is 0 Å². The molecule has 0 atom stereocenters. The molecular formula is C9H14N4O3S. The number of nitrogen functional groups attached to an aromatic ring is 1. The van der Waals surface area contributed by atoms with Gasteiger partial charge in [-0.05, 0) is 12.1 Å². The largest absolute Gasteiger partial charge is 0.384 e. The van der Waals surface area contributed by atoms with Crippen molar-refractivity contribution in [3.8, 4) is 0 Å². The number of carbonyl (C=O) groups is 1. The summed E-state index contributed by atoms with van der Waals surface area (Å²) in [6.07, 6.45) is 1.15. The van der Waals surface area contributed by atoms with Gasteiger partial charge < -0.3 is 11.5 Å². The van der Waals surface area contributed by atoms with Crippen LogP contribution in [0.5, 0.6) is 0 Å². The van der Waals surface area contributed by atoms with E-state index >= 15 is 0 Å². The van der Waals surface area contributed by atoms with Crippen LogP contribution < -0.4 is 11.5 Å². The SMILES string of the molecule is CCN(CC(N)=O)S(=O)(=O)c1ccc(N)nc1. The van der Waals surface area contributed by atoms with Gasteiger partial charge in [-0.15, -0.1) is 0 Å². The van der Waals surface area contributed by atoms with Gasteiger partial charge in [-0.3, -0.25) is 4.79 Å². The van der Waals surface area contributed by atoms with E-state index in [1.807, 2.05) is 0 Å². The van der Waals surface area contributed by atoms with Crippen LogP contribution in [0.15, 0.2) is 23.2 Å². The molecule has 1 amide bonds. The predicted octanol–water partition coefficient (Wildman–Crippen LogP) is -0.840. The molecule has 94 valence electrons. The normalized spacial score (nSPS) is 11.6. The fourth-order valence-corrected chi connectivity index (χ4v) is 2.60. The summed E-state index contributed by atoms with van der Waals surface area (Å²) < 4.78 is 25.1. The number of amides is 1. The summed E-state index contributed by atoms with van der Waals surface area (Å²) in [7, 11) is -3.75. The number of hydrogen-bond acceptors (Lipinski definition) is 5. The fraction of sp³-hybridized carbons (Fsp3) is 0.333. The van der Waals surface area contributed by atoms with Gasteiger partial charge in [0.25, 0.3) is 0 Å². The Bertz CT molecular complexity index is 497. The summed E-state index contributed by atoms with van der Waals surface area (Å²) >= 11 is 0. The molecule has 0 aliphatic heterocycles. The number of rotatable bonds is 5. The number of hydrogen-bond donors (Lipinski definition) is 2. The Balaban J connectivity index is 3.08. The number of nitrogens with two attached hydrogens (primary N) is 2. The molecule has 1 aromatic heterocycles. The number of carbonyl (C=O) groups excluding carboxylic acids is 1. The van der Waals surface area contributed by atoms with E-state index in [2.05, 4.69) is 4.98 Å². The van der Waals surface area contributed by atoms with E-state index in [4.69, 9.17) is 11.5 Å². The van der Waals surface area contributed by atoms with Gasteiger partial charge in [-0.2, -0.15) is 4.31 Å². The molecule has 0 aliphatic rings. The van der Waals surface area contributed by atoms with E-state index < -0.39 is 15.9 Å². The Labute approximate surface area is 99.5 Å². The highest BCUT2D eigenvalue weighted by Crippen LogP contribution is 2.14. The zero-order valence-electron chi connectivity index (χ0n) is 9.33. The summed E-state index contributed by atoms with van der Waals surface area (Å²) in [6.45, 7) is 1.41. The minimum Gasteiger partial charge on any atom is -0.384 e. The standard InChI is InChI=1S/C9H14N4O3S/c1-2-13(6-9(11)14)17(15,16)7-3-4-8(10)12-5-7/h3-5H,2,6H2,1H3,(H2,10,12)(H2,11,14). The van der Waals surface area contributed by atoms with Gasteiger partial charge in [-0.1, -0.05) is 6.92 Å². The smallest absolute Gasteiger partial charge is 0.245 e. The van der Waals surface area contributed by atoms with Crippen LogP contribution in [0.4, 0.5) is 5.82 Å². The lowest BCUT2D eigenvalue weighted by Crippen LogP contribution is -2.38. The quantitative estimate of drug-likeness (QED) is 0.713. The molecule has 0 saturated carbocycles. The number of nitrogens with zero attached hydrogens (tertiary/aromatic N) is 2. The molecule has 0 unspecified atom stereocenters. The molecule has 0 spiro atoms. The van der Waals surface area contributed by atoms with Gasteiger partial charge in [0.1, 0.15) is 10.7 Å². The van der Waals surface area contributed by atoms with Gasteiger partial charge in [0.15, 0.2) is 0 Å². The molecule has 1 aromatic rings. The second-order valence-electron chi connectivity index (χ2n) is 3.32. The lowest BCUT2D eigenvalue weighted by atomic mass is 10.5. The van der Waals surface area contributed by atoms with Crippen molar-refractivity contribution < 1.29 is 13.2 Å². The van der Waals surface area contributed by atoms with Gasteiger partial charge in [0, 0.05) is 12.7 Å². The average molecular weight is 258 g/mol. The maximum absolute atomic E-state index is 12.0. The highest BCUT2D eigenvalue weighted by molar-refractivity contribution is 7.89. The van der Waals surface area contributed by atoms with Gasteiger partial charge >= 0.3 is 0 Å². The molecular weight excluding hydrogens is 244 g/mol. The molecule has 4 N–H and O–H groups in total. The lowest BCUT2D eigenvalue weighted by molar-refractivity contribution is -0.118. The van der Waals surface area contributed by atoms with Crippen molar-refractivity contribution in [1.29, 1.82) is 0 Å². The maximum atomic E-state index is 12.0. The van der Waals surface area contributed by atoms with Crippen molar-refractivity contribution in [2.24, 2.45) is 5.73 Å². The third kappa shape index (κ3) is 3.14. The number of sulfonamides is 1. The van der Waals surface area contributed by atoms with Crippen LogP contribution >= 0.6 is 0 Å². The van der Waals surface area contributed by atoms with E-state index in [0.717, 1.165) is 10.5 Å². The first-order chi connectivity index (χ1) is 7.87. The van der Waals surface area contributed by atoms with Gasteiger partial charge in [0.05, 0.1) is 6.54 Å². The minimum atomic E-state index is -3.75. The zero-order chi connectivity index (χ0) is 13.1. The molecule has 0 aliphatic carbocycles. The molecule has 0 saturated heterocycles. The monoisotopic (exact) mass is 258 g/mol. The van der Waals surface area contributed by atoms with Gasteiger partial charge in [0.2, 0.25) is 15.9 Å². The third-order valence-corrected chi connectivity index (χ3v) is 3.99. The van der Waals surface area contributed by atoms with Gasteiger partial charge in [-0.25, -0.2) is 13.4 Å². The van der Waals surface area contributed by atoms with Crippen molar-refractivity contribution in [3.63, 3.8) is 0 Å². The summed E-state index contributed by atoms with van der Waals surface area (Å²) in [4.78, 5) is 14.5. The van der Waals surface area contributed by atoms with Crippen molar-refractivity contribution >= 4 is 21.7 Å². The second kappa shape index (κ2) is 5.11. The molecule has 8 heteroatoms. The average Bonchev–Trinajstić information content (AvgIpc) is 2.26. The summed E-state index contributed by atoms with van der Waals surface area (Å²) in [6, 6.07) is 2.71. The van der Waals surface area contributed by atoms with Crippen molar-refractivity contribution in [2.45, 2.75) is 11.8 Å². The summed E-state index contributed by atoms with van der Waals surface area (Å²) in [5, 5.41) is 0. The van der Waals surface area contributed by atoms with Crippen LogP contribution in [0.1, 0.15) is 6.92 Å². The van der Waals surface area contributed by atoms with E-state index in [9.17, 15) is 13.2 Å². The van der Waals surface area contributed by atoms with Crippen LogP contribution in [-0.2, 0) is 14.8 Å². The molecule has 0 fully saturated rings. The Kier molecular flexibility index (Phi) is 4.02. The molecule has 0 aromatic carbocycles. The van der Waals surface area contributed by atoms with Crippen molar-refractivity contribution in [2.75, 3.05) is 18.8 Å². The lowest BCUT2D eigenvalue weighted by Gasteiger charge is -2.18. The zero-order valence-corrected chi connectivity index (χ0v) is 10.1. The summed E-state index contributed by atoms with van der Waals surface area (Å²) in [5.41, 5.74) is 10.4. The Morgan fingerprint density at radius 3 is 2.53 bits per heavy atom. The molecule has 17 heavy (non-hydrogen) atoms. The number of likely N-dealkylation sites (N-methyl/N-ethyl adjacent to an activating group) is 1. The Morgan fingerprint density at radius 1 is 1.47 bits per heavy atom. The van der Waals surface area contributed by atoms with Crippen LogP contribution in [0.2, 0.25) is 0 Å². The fourth-order valence-electron chi connectivity index (χ4n) is 1.23. The molecule has 0 radical (unpaired) electrons. The summed E-state index contributed by atoms with van der Waals surface area (Å²) in [5.74, 6) is -0.485. The topological polar surface area (TPSA) is 119 Å². The predicted molar refractivity (Wildman–Crippen MR) is 62.3 cm³/mol. The minimum absolute atomic E-state index is 0.0187. The first-order valence-electron chi connectivity index (χ1n) is 4.88. The van der Waals surface area contributed by atoms with E-state index in [0.29, 0.717) is 0 Å². The van der Waals surface area contributed by atoms with E-state index in [1.54, 1.807) is 6.92 Å². The Hall–Kier alpha value is -1.67. The number of anilines is 1. The molecule has 7 nitrogen and oxygen atoms in total. The highest BCUT2D eigenvalue weighted by Gasteiger charge is 2.24.